The summed E-state index contributed by atoms with van der Waals surface area (Å²) >= 11 is 0. The van der Waals surface area contributed by atoms with Crippen LogP contribution < -0.4 is 10.4 Å². The number of carboxylic acid groups (broad SMARTS) is 1. The summed E-state index contributed by atoms with van der Waals surface area (Å²) in [6.45, 7) is 4.86. The third-order valence-corrected chi connectivity index (χ3v) is 3.59. The number of aliphatic carboxylic acids is 1. The van der Waals surface area contributed by atoms with E-state index in [1.807, 2.05) is 24.3 Å². The maximum absolute atomic E-state index is 12.5. The Morgan fingerprint density at radius 3 is 2.46 bits per heavy atom. The van der Waals surface area contributed by atoms with Crippen LogP contribution in [-0.2, 0) is 27.3 Å². The number of fused-ring (bicyclic) bond motifs is 1. The molecule has 0 radical (unpaired) electrons. The first kappa shape index (κ1) is 17.8. The van der Waals surface area contributed by atoms with Crippen molar-refractivity contribution in [2.75, 3.05) is 6.54 Å². The molecule has 2 rings (SSSR count). The zero-order valence-corrected chi connectivity index (χ0v) is 14.0. The first-order valence-corrected chi connectivity index (χ1v) is 7.71. The summed E-state index contributed by atoms with van der Waals surface area (Å²) in [5.74, 6) is -1.93. The Balaban J connectivity index is 2.24. The lowest BCUT2D eigenvalue weighted by Crippen LogP contribution is -2.54. The topological polar surface area (TPSA) is 98.8 Å². The fourth-order valence-electron chi connectivity index (χ4n) is 2.55. The Morgan fingerprint density at radius 1 is 1.25 bits per heavy atom. The fourth-order valence-corrected chi connectivity index (χ4v) is 2.55. The molecule has 1 aliphatic rings. The molecule has 0 aromatic heterocycles. The zero-order chi connectivity index (χ0) is 17.9. The number of nitrogens with zero attached hydrogens (tertiary/aromatic N) is 1. The summed E-state index contributed by atoms with van der Waals surface area (Å²) in [5, 5.41) is 12.8. The molecule has 7 heteroatoms. The van der Waals surface area contributed by atoms with Crippen LogP contribution in [-0.4, -0.2) is 41.1 Å². The van der Waals surface area contributed by atoms with Gasteiger partial charge in [-0.2, -0.15) is 0 Å². The van der Waals surface area contributed by atoms with Crippen molar-refractivity contribution in [3.8, 4) is 0 Å². The maximum atomic E-state index is 12.5. The summed E-state index contributed by atoms with van der Waals surface area (Å²) in [6.07, 6.45) is -0.306. The van der Waals surface area contributed by atoms with E-state index in [-0.39, 0.29) is 6.54 Å². The second kappa shape index (κ2) is 6.90. The molecule has 130 valence electrons. The molecular formula is C17H21N2O5-. The minimum absolute atomic E-state index is 0.231. The quantitative estimate of drug-likeness (QED) is 0.853. The number of rotatable bonds is 3. The lowest BCUT2D eigenvalue weighted by molar-refractivity contribution is -0.304. The van der Waals surface area contributed by atoms with E-state index in [1.165, 1.54) is 4.90 Å². The minimum Gasteiger partial charge on any atom is -0.548 e. The van der Waals surface area contributed by atoms with Crippen molar-refractivity contribution in [2.24, 2.45) is 0 Å². The van der Waals surface area contributed by atoms with E-state index in [1.54, 1.807) is 20.8 Å². The Hall–Kier alpha value is -2.57. The highest BCUT2D eigenvalue weighted by atomic mass is 16.6. The molecule has 1 aromatic carbocycles. The van der Waals surface area contributed by atoms with Gasteiger partial charge in [0.1, 0.15) is 11.6 Å². The highest BCUT2D eigenvalue weighted by Crippen LogP contribution is 2.25. The third kappa shape index (κ3) is 4.47. The van der Waals surface area contributed by atoms with Gasteiger partial charge in [-0.3, -0.25) is 9.69 Å². The summed E-state index contributed by atoms with van der Waals surface area (Å²) in [6, 6.07) is 6.68. The molecule has 0 saturated heterocycles. The predicted molar refractivity (Wildman–Crippen MR) is 83.7 cm³/mol. The third-order valence-electron chi connectivity index (χ3n) is 3.59. The van der Waals surface area contributed by atoms with E-state index in [9.17, 15) is 19.5 Å². The predicted octanol–water partition coefficient (Wildman–Crippen LogP) is 0.215. The average molecular weight is 333 g/mol. The molecular weight excluding hydrogens is 312 g/mol. The number of benzene rings is 1. The molecule has 24 heavy (non-hydrogen) atoms. The van der Waals surface area contributed by atoms with Gasteiger partial charge in [0.25, 0.3) is 0 Å². The fraction of sp³-hybridized carbons (Fsp3) is 0.471. The number of carbonyl (C=O) groups excluding carboxylic acids is 3. The summed E-state index contributed by atoms with van der Waals surface area (Å²) in [7, 11) is 0. The Bertz CT molecular complexity index is 651. The van der Waals surface area contributed by atoms with Gasteiger partial charge in [-0.25, -0.2) is 4.79 Å². The van der Waals surface area contributed by atoms with E-state index in [0.29, 0.717) is 6.42 Å². The molecule has 0 bridgehead atoms. The number of hydrogen-bond acceptors (Lipinski definition) is 5. The van der Waals surface area contributed by atoms with Crippen LogP contribution in [0.5, 0.6) is 0 Å². The molecule has 0 unspecified atom stereocenters. The first-order chi connectivity index (χ1) is 11.2. The standard InChI is InChI=1S/C17H22N2O5/c1-17(2,3)24-16(23)19-10-12-7-5-4-6-11(12)8-13(19)15(22)18-9-14(20)21/h4-7,13H,8-10H2,1-3H3,(H,18,22)(H,20,21)/p-1/t13-/m0/s1. The number of hydrogen-bond donors (Lipinski definition) is 1. The van der Waals surface area contributed by atoms with Gasteiger partial charge in [0, 0.05) is 6.42 Å². The summed E-state index contributed by atoms with van der Waals surface area (Å²) in [4.78, 5) is 36.7. The van der Waals surface area contributed by atoms with Crippen LogP contribution >= 0.6 is 0 Å². The van der Waals surface area contributed by atoms with Crippen molar-refractivity contribution in [3.05, 3.63) is 35.4 Å². The largest absolute Gasteiger partial charge is 0.548 e. The second-order valence-corrected chi connectivity index (χ2v) is 6.69. The average Bonchev–Trinajstić information content (AvgIpc) is 2.49. The molecule has 1 N–H and O–H groups in total. The van der Waals surface area contributed by atoms with Crippen molar-refractivity contribution >= 4 is 18.0 Å². The van der Waals surface area contributed by atoms with Gasteiger partial charge in [-0.05, 0) is 31.9 Å². The molecule has 2 amide bonds. The Morgan fingerprint density at radius 2 is 1.88 bits per heavy atom. The number of ether oxygens (including phenoxy) is 1. The molecule has 1 atom stereocenters. The van der Waals surface area contributed by atoms with Gasteiger partial charge in [0.15, 0.2) is 0 Å². The maximum Gasteiger partial charge on any atom is 0.411 e. The molecule has 7 nitrogen and oxygen atoms in total. The number of carbonyl (C=O) groups is 3. The van der Waals surface area contributed by atoms with E-state index >= 15 is 0 Å². The van der Waals surface area contributed by atoms with E-state index in [0.717, 1.165) is 11.1 Å². The molecule has 0 aliphatic carbocycles. The number of amides is 2. The lowest BCUT2D eigenvalue weighted by atomic mass is 9.94. The van der Waals surface area contributed by atoms with E-state index in [4.69, 9.17) is 4.74 Å². The summed E-state index contributed by atoms with van der Waals surface area (Å²) < 4.78 is 5.38. The van der Waals surface area contributed by atoms with Crippen LogP contribution in [0.1, 0.15) is 31.9 Å². The molecule has 0 fully saturated rings. The van der Waals surface area contributed by atoms with Crippen LogP contribution in [0.15, 0.2) is 24.3 Å². The minimum atomic E-state index is -1.39. The highest BCUT2D eigenvalue weighted by Gasteiger charge is 2.36. The van der Waals surface area contributed by atoms with Gasteiger partial charge < -0.3 is 20.0 Å². The zero-order valence-electron chi connectivity index (χ0n) is 14.0. The second-order valence-electron chi connectivity index (χ2n) is 6.69. The Labute approximate surface area is 140 Å². The smallest absolute Gasteiger partial charge is 0.411 e. The van der Waals surface area contributed by atoms with Gasteiger partial charge >= 0.3 is 6.09 Å². The van der Waals surface area contributed by atoms with Crippen molar-refractivity contribution in [3.63, 3.8) is 0 Å². The summed E-state index contributed by atoms with van der Waals surface area (Å²) in [5.41, 5.74) is 1.19. The highest BCUT2D eigenvalue weighted by molar-refractivity contribution is 5.88. The molecule has 0 saturated carbocycles. The van der Waals surface area contributed by atoms with Gasteiger partial charge in [0.2, 0.25) is 5.91 Å². The molecule has 0 spiro atoms. The van der Waals surface area contributed by atoms with Gasteiger partial charge in [-0.1, -0.05) is 24.3 Å². The van der Waals surface area contributed by atoms with Crippen molar-refractivity contribution in [2.45, 2.75) is 45.4 Å². The number of carboxylic acids is 1. The van der Waals surface area contributed by atoms with Crippen LogP contribution in [0.4, 0.5) is 4.79 Å². The lowest BCUT2D eigenvalue weighted by Gasteiger charge is -2.36. The first-order valence-electron chi connectivity index (χ1n) is 7.71. The van der Waals surface area contributed by atoms with Crippen LogP contribution in [0.25, 0.3) is 0 Å². The van der Waals surface area contributed by atoms with Crippen LogP contribution in [0, 0.1) is 0 Å². The van der Waals surface area contributed by atoms with Crippen molar-refractivity contribution in [1.82, 2.24) is 10.2 Å². The van der Waals surface area contributed by atoms with Crippen LogP contribution in [0.3, 0.4) is 0 Å². The SMILES string of the molecule is CC(C)(C)OC(=O)N1Cc2ccccc2C[C@H]1C(=O)NCC(=O)[O-]. The molecule has 1 aliphatic heterocycles. The Kier molecular flexibility index (Phi) is 5.11. The number of nitrogens with one attached hydrogen (secondary N) is 1. The van der Waals surface area contributed by atoms with Gasteiger partial charge in [-0.15, -0.1) is 0 Å². The van der Waals surface area contributed by atoms with Crippen molar-refractivity contribution in [1.29, 1.82) is 0 Å². The molecule has 1 aromatic rings. The monoisotopic (exact) mass is 333 g/mol. The van der Waals surface area contributed by atoms with E-state index in [2.05, 4.69) is 5.32 Å². The van der Waals surface area contributed by atoms with Gasteiger partial charge in [0.05, 0.1) is 19.1 Å². The van der Waals surface area contributed by atoms with E-state index < -0.39 is 36.2 Å². The molecule has 1 heterocycles. The van der Waals surface area contributed by atoms with Crippen LogP contribution in [0.2, 0.25) is 0 Å². The normalized spacial score (nSPS) is 17.0. The van der Waals surface area contributed by atoms with Crippen molar-refractivity contribution < 1.29 is 24.2 Å².